The summed E-state index contributed by atoms with van der Waals surface area (Å²) < 4.78 is 2.12. The van der Waals surface area contributed by atoms with Gasteiger partial charge in [0.2, 0.25) is 23.7 Å². The maximum Gasteiger partial charge on any atom is 0.270 e. The molecule has 55 heavy (non-hydrogen) atoms. The number of hydrogen-bond donors (Lipinski definition) is 2. The normalized spacial score (nSPS) is 21.9. The zero-order chi connectivity index (χ0) is 38.2. The first kappa shape index (κ1) is 35.2. The molecule has 14 nitrogen and oxygen atoms in total. The molecule has 7 heterocycles. The fourth-order valence-electron chi connectivity index (χ4n) is 9.63. The molecule has 0 unspecified atom stereocenters. The summed E-state index contributed by atoms with van der Waals surface area (Å²) in [6.07, 6.45) is 10.7. The monoisotopic (exact) mass is 744 g/mol. The number of rotatable bonds is 7. The first-order valence-corrected chi connectivity index (χ1v) is 19.6. The maximum absolute atomic E-state index is 13.8. The number of fused-ring (bicyclic) bond motifs is 2. The second-order valence-electron chi connectivity index (χ2n) is 16.8. The van der Waals surface area contributed by atoms with E-state index in [1.165, 1.54) is 0 Å². The van der Waals surface area contributed by atoms with Crippen molar-refractivity contribution in [1.82, 2.24) is 29.7 Å². The molecule has 0 bridgehead atoms. The lowest BCUT2D eigenvalue weighted by Crippen LogP contribution is -2.61. The van der Waals surface area contributed by atoms with E-state index in [1.807, 2.05) is 44.3 Å². The average molecular weight is 745 g/mol. The molecule has 1 aliphatic carbocycles. The number of benzene rings is 1. The molecule has 0 radical (unpaired) electrons. The van der Waals surface area contributed by atoms with Gasteiger partial charge in [0.05, 0.1) is 23.0 Å². The molecule has 4 amide bonds. The quantitative estimate of drug-likeness (QED) is 0.250. The number of carbonyl (C=O) groups is 4. The lowest BCUT2D eigenvalue weighted by molar-refractivity contribution is -0.136. The van der Waals surface area contributed by atoms with E-state index in [4.69, 9.17) is 9.97 Å². The molecular weight excluding hydrogens is 697 g/mol. The molecule has 4 aromatic rings. The number of piperidine rings is 2. The van der Waals surface area contributed by atoms with Crippen molar-refractivity contribution in [2.24, 2.45) is 5.41 Å². The van der Waals surface area contributed by atoms with Crippen molar-refractivity contribution in [3.63, 3.8) is 0 Å². The predicted molar refractivity (Wildman–Crippen MR) is 210 cm³/mol. The molecule has 9 rings (SSSR count). The molecule has 14 heteroatoms. The van der Waals surface area contributed by atoms with Crippen LogP contribution in [0.4, 0.5) is 28.8 Å². The van der Waals surface area contributed by atoms with Gasteiger partial charge in [-0.25, -0.2) is 9.97 Å². The summed E-state index contributed by atoms with van der Waals surface area (Å²) in [6, 6.07) is 11.5. The first-order chi connectivity index (χ1) is 26.4. The van der Waals surface area contributed by atoms with E-state index < -0.39 is 17.4 Å². The maximum atomic E-state index is 13.8. The third kappa shape index (κ3) is 5.88. The minimum atomic E-state index is -0.788. The van der Waals surface area contributed by atoms with Crippen LogP contribution in [0.25, 0.3) is 11.0 Å². The van der Waals surface area contributed by atoms with Crippen molar-refractivity contribution in [2.45, 2.75) is 82.7 Å². The van der Waals surface area contributed by atoms with Crippen LogP contribution in [0, 0.1) is 5.41 Å². The van der Waals surface area contributed by atoms with E-state index in [1.54, 1.807) is 30.1 Å². The molecular formula is C41H48N10O4. The van der Waals surface area contributed by atoms with Gasteiger partial charge in [-0.3, -0.25) is 29.4 Å². The molecule has 4 aliphatic heterocycles. The largest absolute Gasteiger partial charge is 0.370 e. The summed E-state index contributed by atoms with van der Waals surface area (Å²) >= 11 is 0. The van der Waals surface area contributed by atoms with Crippen LogP contribution in [0.2, 0.25) is 0 Å². The first-order valence-electron chi connectivity index (χ1n) is 19.6. The van der Waals surface area contributed by atoms with Crippen molar-refractivity contribution in [2.75, 3.05) is 60.3 Å². The van der Waals surface area contributed by atoms with Gasteiger partial charge >= 0.3 is 0 Å². The molecule has 286 valence electrons. The zero-order valence-electron chi connectivity index (χ0n) is 32.0. The Bertz CT molecular complexity index is 2210. The van der Waals surface area contributed by atoms with Crippen molar-refractivity contribution < 1.29 is 19.2 Å². The van der Waals surface area contributed by atoms with Gasteiger partial charge in [0, 0.05) is 81.0 Å². The lowest BCUT2D eigenvalue weighted by Gasteiger charge is -2.56. The number of imide groups is 1. The highest BCUT2D eigenvalue weighted by Gasteiger charge is 2.53. The second kappa shape index (κ2) is 13.1. The van der Waals surface area contributed by atoms with Gasteiger partial charge in [-0.2, -0.15) is 4.98 Å². The van der Waals surface area contributed by atoms with Crippen molar-refractivity contribution in [1.29, 1.82) is 0 Å². The van der Waals surface area contributed by atoms with Crippen molar-refractivity contribution in [3.05, 3.63) is 60.0 Å². The van der Waals surface area contributed by atoms with E-state index in [-0.39, 0.29) is 35.6 Å². The van der Waals surface area contributed by atoms with Crippen LogP contribution in [-0.4, -0.2) is 94.4 Å². The van der Waals surface area contributed by atoms with Gasteiger partial charge in [0.15, 0.2) is 0 Å². The van der Waals surface area contributed by atoms with Crippen LogP contribution in [0.1, 0.15) is 87.3 Å². The Labute approximate surface area is 320 Å². The number of nitrogens with one attached hydrogen (secondary N) is 2. The number of aromatic nitrogens is 4. The third-order valence-corrected chi connectivity index (χ3v) is 12.6. The molecule has 3 saturated heterocycles. The Morgan fingerprint density at radius 1 is 0.927 bits per heavy atom. The highest BCUT2D eigenvalue weighted by Crippen LogP contribution is 2.52. The van der Waals surface area contributed by atoms with Crippen molar-refractivity contribution >= 4 is 63.5 Å². The van der Waals surface area contributed by atoms with E-state index in [0.717, 1.165) is 98.4 Å². The average Bonchev–Trinajstić information content (AvgIpc) is 3.87. The highest BCUT2D eigenvalue weighted by molar-refractivity contribution is 6.15. The molecule has 1 atom stereocenters. The van der Waals surface area contributed by atoms with Crippen LogP contribution in [0.15, 0.2) is 48.8 Å². The van der Waals surface area contributed by atoms with Crippen LogP contribution < -0.4 is 25.3 Å². The SMILES string of the molecule is CN(C)C(=O)c1cc2cnc(Nc3ccc(N4CCC5(CC4)CN(c4cccc6c4C(C)(C)C(=O)N6[C@@H]4CCC(=O)NC4=O)C5)cn3)nc2n1C1CCCC1. The number of anilines is 5. The lowest BCUT2D eigenvalue weighted by atomic mass is 9.71. The van der Waals surface area contributed by atoms with Gasteiger partial charge in [0.1, 0.15) is 23.2 Å². The van der Waals surface area contributed by atoms with E-state index in [9.17, 15) is 19.2 Å². The summed E-state index contributed by atoms with van der Waals surface area (Å²) in [5.41, 5.74) is 4.71. The van der Waals surface area contributed by atoms with Crippen molar-refractivity contribution in [3.8, 4) is 0 Å². The van der Waals surface area contributed by atoms with Gasteiger partial charge in [0.25, 0.3) is 5.91 Å². The molecule has 3 aromatic heterocycles. The number of pyridine rings is 1. The minimum absolute atomic E-state index is 0.0314. The summed E-state index contributed by atoms with van der Waals surface area (Å²) in [7, 11) is 3.55. The second-order valence-corrected chi connectivity index (χ2v) is 16.8. The smallest absolute Gasteiger partial charge is 0.270 e. The Balaban J connectivity index is 0.853. The van der Waals surface area contributed by atoms with Gasteiger partial charge in [-0.15, -0.1) is 0 Å². The molecule has 4 fully saturated rings. The fraction of sp³-hybridized carbons (Fsp3) is 0.488. The zero-order valence-corrected chi connectivity index (χ0v) is 32.0. The predicted octanol–water partition coefficient (Wildman–Crippen LogP) is 4.92. The Morgan fingerprint density at radius 2 is 1.67 bits per heavy atom. The van der Waals surface area contributed by atoms with Crippen LogP contribution >= 0.6 is 0 Å². The molecule has 1 spiro atoms. The van der Waals surface area contributed by atoms with Crippen LogP contribution in [-0.2, 0) is 19.8 Å². The van der Waals surface area contributed by atoms with Crippen LogP contribution in [0.3, 0.4) is 0 Å². The molecule has 1 saturated carbocycles. The summed E-state index contributed by atoms with van der Waals surface area (Å²) in [5, 5.41) is 6.56. The molecule has 2 N–H and O–H groups in total. The number of nitrogens with zero attached hydrogens (tertiary/aromatic N) is 8. The molecule has 5 aliphatic rings. The third-order valence-electron chi connectivity index (χ3n) is 12.6. The number of amides is 4. The summed E-state index contributed by atoms with van der Waals surface area (Å²) in [5.74, 6) is 0.281. The Hall–Kier alpha value is -5.53. The number of carbonyl (C=O) groups excluding carboxylic acids is 4. The van der Waals surface area contributed by atoms with Gasteiger partial charge < -0.3 is 24.6 Å². The topological polar surface area (TPSA) is 149 Å². The van der Waals surface area contributed by atoms with Crippen LogP contribution in [0.5, 0.6) is 0 Å². The van der Waals surface area contributed by atoms with E-state index in [0.29, 0.717) is 23.9 Å². The van der Waals surface area contributed by atoms with E-state index in [2.05, 4.69) is 42.1 Å². The minimum Gasteiger partial charge on any atom is -0.370 e. The van der Waals surface area contributed by atoms with Gasteiger partial charge in [-0.05, 0) is 76.3 Å². The number of hydrogen-bond acceptors (Lipinski definition) is 10. The van der Waals surface area contributed by atoms with Gasteiger partial charge in [-0.1, -0.05) is 18.9 Å². The fourth-order valence-corrected chi connectivity index (χ4v) is 9.63. The highest BCUT2D eigenvalue weighted by atomic mass is 16.2. The summed E-state index contributed by atoms with van der Waals surface area (Å²) in [4.78, 5) is 73.8. The summed E-state index contributed by atoms with van der Waals surface area (Å²) in [6.45, 7) is 7.57. The Morgan fingerprint density at radius 3 is 2.36 bits per heavy atom. The van der Waals surface area contributed by atoms with E-state index >= 15 is 0 Å². The molecule has 1 aromatic carbocycles. The standard InChI is InChI=1S/C41H48N10O4/c1-40(2)34-28(10-7-11-29(34)51(38(40)55)30-13-15-33(52)45-36(30)53)49-23-41(24-49)16-18-48(19-17-41)27-12-14-32(42-22-27)44-39-43-21-25-20-31(37(54)47(3)4)50(35(25)46-39)26-8-5-6-9-26/h7,10-12,14,20-22,26,30H,5-6,8-9,13,15-19,23-24H2,1-4H3,(H,45,52,53)(H,42,43,44,46)/t30-/m1/s1. The Kier molecular flexibility index (Phi) is 8.35.